The third-order valence-corrected chi connectivity index (χ3v) is 3.46. The van der Waals surface area contributed by atoms with Crippen molar-refractivity contribution < 1.29 is 14.3 Å². The molecule has 0 bridgehead atoms. The molecule has 22 heavy (non-hydrogen) atoms. The molecular formula is C16H21N3O3. The van der Waals surface area contributed by atoms with Gasteiger partial charge in [-0.25, -0.2) is 4.79 Å². The smallest absolute Gasteiger partial charge is 0.414 e. The van der Waals surface area contributed by atoms with Gasteiger partial charge in [0.1, 0.15) is 0 Å². The maximum atomic E-state index is 12.0. The van der Waals surface area contributed by atoms with Crippen molar-refractivity contribution in [3.05, 3.63) is 43.2 Å². The number of carbonyl (C=O) groups excluding carboxylic acids is 2. The first-order valence-corrected chi connectivity index (χ1v) is 7.33. The van der Waals surface area contributed by atoms with Crippen LogP contribution in [0.5, 0.6) is 0 Å². The molecule has 1 N–H and O–H groups in total. The molecule has 6 nitrogen and oxygen atoms in total. The van der Waals surface area contributed by atoms with E-state index < -0.39 is 0 Å². The third-order valence-electron chi connectivity index (χ3n) is 3.46. The second-order valence-corrected chi connectivity index (χ2v) is 5.08. The van der Waals surface area contributed by atoms with E-state index in [2.05, 4.69) is 11.9 Å². The summed E-state index contributed by atoms with van der Waals surface area (Å²) in [5.74, 6) is -0.0479. The first-order chi connectivity index (χ1) is 10.7. The lowest BCUT2D eigenvalue weighted by atomic mass is 10.3. The first-order valence-electron chi connectivity index (χ1n) is 7.33. The summed E-state index contributed by atoms with van der Waals surface area (Å²) in [7, 11) is 0. The molecule has 1 saturated heterocycles. The number of nitrogens with zero attached hydrogens (tertiary/aromatic N) is 2. The topological polar surface area (TPSA) is 61.9 Å². The van der Waals surface area contributed by atoms with Crippen LogP contribution in [-0.2, 0) is 9.53 Å². The average Bonchev–Trinajstić information content (AvgIpc) is 2.74. The summed E-state index contributed by atoms with van der Waals surface area (Å²) in [6.07, 6.45) is 1.56. The van der Waals surface area contributed by atoms with E-state index in [9.17, 15) is 9.59 Å². The van der Waals surface area contributed by atoms with E-state index in [4.69, 9.17) is 4.74 Å². The number of rotatable bonds is 4. The Hall–Kier alpha value is -2.34. The van der Waals surface area contributed by atoms with Crippen LogP contribution in [0.1, 0.15) is 6.42 Å². The maximum Gasteiger partial charge on any atom is 0.414 e. The number of anilines is 1. The Morgan fingerprint density at radius 3 is 2.68 bits per heavy atom. The molecule has 2 amide bonds. The van der Waals surface area contributed by atoms with Gasteiger partial charge in [0, 0.05) is 31.9 Å². The zero-order chi connectivity index (χ0) is 15.8. The van der Waals surface area contributed by atoms with Crippen LogP contribution >= 0.6 is 0 Å². The lowest BCUT2D eigenvalue weighted by molar-refractivity contribution is -0.117. The van der Waals surface area contributed by atoms with Crippen LogP contribution in [0.3, 0.4) is 0 Å². The van der Waals surface area contributed by atoms with Gasteiger partial charge in [-0.1, -0.05) is 24.8 Å². The Labute approximate surface area is 130 Å². The predicted octanol–water partition coefficient (Wildman–Crippen LogP) is 1.91. The number of nitrogens with one attached hydrogen (secondary N) is 1. The monoisotopic (exact) mass is 303 g/mol. The van der Waals surface area contributed by atoms with Crippen LogP contribution in [0.15, 0.2) is 43.2 Å². The van der Waals surface area contributed by atoms with Crippen molar-refractivity contribution in [2.45, 2.75) is 6.42 Å². The van der Waals surface area contributed by atoms with Gasteiger partial charge < -0.3 is 15.0 Å². The zero-order valence-corrected chi connectivity index (χ0v) is 12.5. The normalized spacial score (nSPS) is 15.7. The molecule has 1 aliphatic rings. The van der Waals surface area contributed by atoms with Crippen molar-refractivity contribution in [3.8, 4) is 0 Å². The highest BCUT2D eigenvalue weighted by molar-refractivity contribution is 5.92. The van der Waals surface area contributed by atoms with Gasteiger partial charge in [0.05, 0.1) is 12.8 Å². The van der Waals surface area contributed by atoms with Gasteiger partial charge in [-0.05, 0) is 18.6 Å². The molecule has 1 aromatic rings. The molecule has 2 rings (SSSR count). The van der Waals surface area contributed by atoms with Crippen LogP contribution in [0.25, 0.3) is 0 Å². The second kappa shape index (κ2) is 8.19. The number of para-hydroxylation sites is 1. The number of hydrogen-bond donors (Lipinski definition) is 1. The minimum absolute atomic E-state index is 0.0479. The van der Waals surface area contributed by atoms with Crippen molar-refractivity contribution >= 4 is 17.7 Å². The summed E-state index contributed by atoms with van der Waals surface area (Å²) in [6.45, 7) is 6.30. The second-order valence-electron chi connectivity index (χ2n) is 5.08. The van der Waals surface area contributed by atoms with Crippen molar-refractivity contribution in [1.29, 1.82) is 0 Å². The fourth-order valence-electron chi connectivity index (χ4n) is 2.38. The molecule has 0 atom stereocenters. The standard InChI is InChI=1S/C16H21N3O3/c1-2-22-16(21)19-10-6-9-18(11-12-19)13-15(20)17-14-7-4-3-5-8-14/h2-5,7-8H,1,6,9-13H2,(H,17,20). The molecule has 0 unspecified atom stereocenters. The number of benzene rings is 1. The highest BCUT2D eigenvalue weighted by atomic mass is 16.5. The van der Waals surface area contributed by atoms with E-state index in [0.717, 1.165) is 24.9 Å². The highest BCUT2D eigenvalue weighted by Gasteiger charge is 2.20. The predicted molar refractivity (Wildman–Crippen MR) is 84.4 cm³/mol. The van der Waals surface area contributed by atoms with E-state index >= 15 is 0 Å². The number of carbonyl (C=O) groups is 2. The first kappa shape index (κ1) is 16.0. The summed E-state index contributed by atoms with van der Waals surface area (Å²) in [6, 6.07) is 9.37. The Kier molecular flexibility index (Phi) is 5.97. The third kappa shape index (κ3) is 4.89. The van der Waals surface area contributed by atoms with Gasteiger partial charge in [-0.2, -0.15) is 0 Å². The number of hydrogen-bond acceptors (Lipinski definition) is 4. The highest BCUT2D eigenvalue weighted by Crippen LogP contribution is 2.07. The summed E-state index contributed by atoms with van der Waals surface area (Å²) in [4.78, 5) is 27.4. The zero-order valence-electron chi connectivity index (χ0n) is 12.5. The Morgan fingerprint density at radius 2 is 1.95 bits per heavy atom. The van der Waals surface area contributed by atoms with Gasteiger partial charge in [-0.15, -0.1) is 0 Å². The number of amides is 2. The molecule has 118 valence electrons. The molecular weight excluding hydrogens is 282 g/mol. The SMILES string of the molecule is C=COC(=O)N1CCCN(CC(=O)Nc2ccccc2)CC1. The Balaban J connectivity index is 1.80. The van der Waals surface area contributed by atoms with Gasteiger partial charge in [-0.3, -0.25) is 9.69 Å². The Morgan fingerprint density at radius 1 is 1.18 bits per heavy atom. The van der Waals surface area contributed by atoms with E-state index in [0.29, 0.717) is 26.2 Å². The summed E-state index contributed by atoms with van der Waals surface area (Å²) >= 11 is 0. The number of ether oxygens (including phenoxy) is 1. The Bertz CT molecular complexity index is 519. The summed E-state index contributed by atoms with van der Waals surface area (Å²) < 4.78 is 4.79. The van der Waals surface area contributed by atoms with E-state index in [-0.39, 0.29) is 12.0 Å². The van der Waals surface area contributed by atoms with Gasteiger partial charge in [0.25, 0.3) is 0 Å². The molecule has 0 radical (unpaired) electrons. The average molecular weight is 303 g/mol. The minimum atomic E-state index is -0.384. The van der Waals surface area contributed by atoms with Crippen molar-refractivity contribution in [3.63, 3.8) is 0 Å². The molecule has 0 saturated carbocycles. The molecule has 1 fully saturated rings. The molecule has 1 aliphatic heterocycles. The molecule has 0 aromatic heterocycles. The minimum Gasteiger partial charge on any atom is -0.419 e. The van der Waals surface area contributed by atoms with Crippen molar-refractivity contribution in [2.75, 3.05) is 38.0 Å². The van der Waals surface area contributed by atoms with E-state index in [1.807, 2.05) is 35.2 Å². The largest absolute Gasteiger partial charge is 0.419 e. The van der Waals surface area contributed by atoms with Crippen molar-refractivity contribution in [1.82, 2.24) is 9.80 Å². The lowest BCUT2D eigenvalue weighted by Crippen LogP contribution is -2.37. The van der Waals surface area contributed by atoms with Crippen LogP contribution in [0, 0.1) is 0 Å². The molecule has 1 heterocycles. The van der Waals surface area contributed by atoms with Gasteiger partial charge in [0.2, 0.25) is 5.91 Å². The van der Waals surface area contributed by atoms with E-state index in [1.54, 1.807) is 4.90 Å². The summed E-state index contributed by atoms with van der Waals surface area (Å²) in [5.41, 5.74) is 0.790. The fourth-order valence-corrected chi connectivity index (χ4v) is 2.38. The quantitative estimate of drug-likeness (QED) is 0.863. The van der Waals surface area contributed by atoms with Crippen LogP contribution < -0.4 is 5.32 Å². The van der Waals surface area contributed by atoms with Crippen LogP contribution in [0.2, 0.25) is 0 Å². The molecule has 6 heteroatoms. The van der Waals surface area contributed by atoms with Gasteiger partial charge in [0.15, 0.2) is 0 Å². The maximum absolute atomic E-state index is 12.0. The fraction of sp³-hybridized carbons (Fsp3) is 0.375. The van der Waals surface area contributed by atoms with Crippen LogP contribution in [0.4, 0.5) is 10.5 Å². The van der Waals surface area contributed by atoms with Gasteiger partial charge >= 0.3 is 6.09 Å². The summed E-state index contributed by atoms with van der Waals surface area (Å²) in [5, 5.41) is 2.86. The molecule has 0 aliphatic carbocycles. The van der Waals surface area contributed by atoms with Crippen molar-refractivity contribution in [2.24, 2.45) is 0 Å². The van der Waals surface area contributed by atoms with E-state index in [1.165, 1.54) is 0 Å². The lowest BCUT2D eigenvalue weighted by Gasteiger charge is -2.20. The molecule has 0 spiro atoms. The van der Waals surface area contributed by atoms with Crippen LogP contribution in [-0.4, -0.2) is 54.5 Å². The molecule has 1 aromatic carbocycles.